The van der Waals surface area contributed by atoms with Crippen molar-refractivity contribution in [1.29, 1.82) is 0 Å². The van der Waals surface area contributed by atoms with Crippen LogP contribution in [-0.2, 0) is 13.6 Å². The molecule has 0 aliphatic rings. The van der Waals surface area contributed by atoms with E-state index in [-0.39, 0.29) is 6.04 Å². The van der Waals surface area contributed by atoms with Crippen molar-refractivity contribution in [2.75, 3.05) is 0 Å². The Morgan fingerprint density at radius 2 is 2.22 bits per heavy atom. The van der Waals surface area contributed by atoms with Crippen LogP contribution in [0, 0.1) is 6.92 Å². The Kier molecular flexibility index (Phi) is 3.67. The summed E-state index contributed by atoms with van der Waals surface area (Å²) >= 11 is 0. The second-order valence-electron chi connectivity index (χ2n) is 4.62. The van der Waals surface area contributed by atoms with Crippen molar-refractivity contribution < 1.29 is 5.11 Å². The predicted molar refractivity (Wildman–Crippen MR) is 71.3 cm³/mol. The molecule has 1 heterocycles. The Hall–Kier alpha value is -1.81. The van der Waals surface area contributed by atoms with Crippen LogP contribution in [0.4, 0.5) is 0 Å². The molecule has 0 radical (unpaired) electrons. The molecule has 0 saturated carbocycles. The van der Waals surface area contributed by atoms with Gasteiger partial charge in [-0.15, -0.1) is 0 Å². The maximum atomic E-state index is 9.40. The van der Waals surface area contributed by atoms with E-state index in [0.29, 0.717) is 5.75 Å². The zero-order valence-corrected chi connectivity index (χ0v) is 11.0. The van der Waals surface area contributed by atoms with Crippen LogP contribution in [0.15, 0.2) is 30.5 Å². The number of aryl methyl sites for hydroxylation is 2. The Morgan fingerprint density at radius 3 is 2.83 bits per heavy atom. The van der Waals surface area contributed by atoms with Crippen molar-refractivity contribution in [1.82, 2.24) is 15.1 Å². The Labute approximate surface area is 107 Å². The fourth-order valence-corrected chi connectivity index (χ4v) is 2.09. The molecule has 4 heteroatoms. The molecule has 0 aliphatic heterocycles. The molecule has 4 nitrogen and oxygen atoms in total. The van der Waals surface area contributed by atoms with E-state index >= 15 is 0 Å². The molecular formula is C14H19N3O. The van der Waals surface area contributed by atoms with Crippen molar-refractivity contribution in [3.8, 4) is 5.75 Å². The summed E-state index contributed by atoms with van der Waals surface area (Å²) in [6.07, 6.45) is 2.04. The van der Waals surface area contributed by atoms with Gasteiger partial charge < -0.3 is 10.4 Å². The molecule has 1 unspecified atom stereocenters. The number of benzene rings is 1. The third-order valence-electron chi connectivity index (χ3n) is 3.04. The van der Waals surface area contributed by atoms with Gasteiger partial charge in [-0.05, 0) is 31.5 Å². The minimum absolute atomic E-state index is 0.237. The summed E-state index contributed by atoms with van der Waals surface area (Å²) in [6, 6.07) is 7.54. The molecular weight excluding hydrogens is 226 g/mol. The maximum Gasteiger partial charge on any atom is 0.115 e. The SMILES string of the molecule is Cc1nn(C)cc1C(C)NCc1cccc(O)c1. The number of nitrogens with one attached hydrogen (secondary N) is 1. The Balaban J connectivity index is 2.00. The molecule has 0 bridgehead atoms. The fourth-order valence-electron chi connectivity index (χ4n) is 2.09. The van der Waals surface area contributed by atoms with E-state index in [4.69, 9.17) is 0 Å². The van der Waals surface area contributed by atoms with Gasteiger partial charge >= 0.3 is 0 Å². The summed E-state index contributed by atoms with van der Waals surface area (Å²) < 4.78 is 1.83. The van der Waals surface area contributed by atoms with Crippen LogP contribution in [0.2, 0.25) is 0 Å². The largest absolute Gasteiger partial charge is 0.508 e. The zero-order chi connectivity index (χ0) is 13.1. The van der Waals surface area contributed by atoms with Gasteiger partial charge in [0.2, 0.25) is 0 Å². The molecule has 0 spiro atoms. The van der Waals surface area contributed by atoms with Crippen LogP contribution < -0.4 is 5.32 Å². The Bertz CT molecular complexity index is 534. The summed E-state index contributed by atoms with van der Waals surface area (Å²) in [6.45, 7) is 4.86. The molecule has 96 valence electrons. The highest BCUT2D eigenvalue weighted by atomic mass is 16.3. The van der Waals surface area contributed by atoms with E-state index in [0.717, 1.165) is 17.8 Å². The van der Waals surface area contributed by atoms with Crippen molar-refractivity contribution in [2.45, 2.75) is 26.4 Å². The Morgan fingerprint density at radius 1 is 1.44 bits per heavy atom. The number of rotatable bonds is 4. The molecule has 0 fully saturated rings. The summed E-state index contributed by atoms with van der Waals surface area (Å²) in [7, 11) is 1.93. The lowest BCUT2D eigenvalue weighted by atomic mass is 10.1. The fraction of sp³-hybridized carbons (Fsp3) is 0.357. The molecule has 0 amide bonds. The maximum absolute atomic E-state index is 9.40. The third kappa shape index (κ3) is 2.90. The topological polar surface area (TPSA) is 50.1 Å². The first-order chi connectivity index (χ1) is 8.56. The molecule has 1 aromatic carbocycles. The zero-order valence-electron chi connectivity index (χ0n) is 11.0. The van der Waals surface area contributed by atoms with E-state index in [9.17, 15) is 5.11 Å². The average Bonchev–Trinajstić information content (AvgIpc) is 2.66. The molecule has 2 aromatic rings. The van der Waals surface area contributed by atoms with Gasteiger partial charge in [0.15, 0.2) is 0 Å². The van der Waals surface area contributed by atoms with Gasteiger partial charge in [0, 0.05) is 31.4 Å². The van der Waals surface area contributed by atoms with Crippen molar-refractivity contribution in [3.05, 3.63) is 47.3 Å². The number of phenols is 1. The number of aromatic hydroxyl groups is 1. The second-order valence-corrected chi connectivity index (χ2v) is 4.62. The minimum Gasteiger partial charge on any atom is -0.508 e. The first-order valence-electron chi connectivity index (χ1n) is 6.07. The first kappa shape index (κ1) is 12.6. The molecule has 0 saturated heterocycles. The van der Waals surface area contributed by atoms with E-state index in [1.54, 1.807) is 12.1 Å². The third-order valence-corrected chi connectivity index (χ3v) is 3.04. The lowest BCUT2D eigenvalue weighted by Crippen LogP contribution is -2.18. The van der Waals surface area contributed by atoms with Crippen LogP contribution in [-0.4, -0.2) is 14.9 Å². The molecule has 18 heavy (non-hydrogen) atoms. The average molecular weight is 245 g/mol. The lowest BCUT2D eigenvalue weighted by Gasteiger charge is -2.13. The lowest BCUT2D eigenvalue weighted by molar-refractivity contribution is 0.473. The normalized spacial score (nSPS) is 12.6. The van der Waals surface area contributed by atoms with E-state index < -0.39 is 0 Å². The van der Waals surface area contributed by atoms with E-state index in [1.807, 2.05) is 37.0 Å². The van der Waals surface area contributed by atoms with Gasteiger partial charge in [-0.3, -0.25) is 4.68 Å². The van der Waals surface area contributed by atoms with Gasteiger partial charge in [0.1, 0.15) is 5.75 Å². The van der Waals surface area contributed by atoms with Crippen LogP contribution in [0.3, 0.4) is 0 Å². The second kappa shape index (κ2) is 5.23. The van der Waals surface area contributed by atoms with Gasteiger partial charge in [0.05, 0.1) is 5.69 Å². The van der Waals surface area contributed by atoms with Gasteiger partial charge in [-0.25, -0.2) is 0 Å². The van der Waals surface area contributed by atoms with Gasteiger partial charge in [-0.1, -0.05) is 12.1 Å². The highest BCUT2D eigenvalue weighted by Gasteiger charge is 2.10. The number of nitrogens with zero attached hydrogens (tertiary/aromatic N) is 2. The molecule has 1 atom stereocenters. The predicted octanol–water partition coefficient (Wildman–Crippen LogP) is 2.28. The standard InChI is InChI=1S/C14H19N3O/c1-10(14-9-17(3)16-11(14)2)15-8-12-5-4-6-13(18)7-12/h4-7,9-10,15,18H,8H2,1-3H3. The van der Waals surface area contributed by atoms with E-state index in [2.05, 4.69) is 17.3 Å². The first-order valence-corrected chi connectivity index (χ1v) is 6.07. The highest BCUT2D eigenvalue weighted by molar-refractivity contribution is 5.27. The summed E-state index contributed by atoms with van der Waals surface area (Å²) in [4.78, 5) is 0. The van der Waals surface area contributed by atoms with Crippen LogP contribution in [0.5, 0.6) is 5.75 Å². The molecule has 1 aromatic heterocycles. The van der Waals surface area contributed by atoms with Crippen molar-refractivity contribution in [2.24, 2.45) is 7.05 Å². The number of hydrogen-bond acceptors (Lipinski definition) is 3. The van der Waals surface area contributed by atoms with Crippen LogP contribution in [0.1, 0.15) is 29.8 Å². The van der Waals surface area contributed by atoms with Gasteiger partial charge in [-0.2, -0.15) is 5.10 Å². The van der Waals surface area contributed by atoms with Crippen LogP contribution in [0.25, 0.3) is 0 Å². The smallest absolute Gasteiger partial charge is 0.115 e. The molecule has 0 aliphatic carbocycles. The molecule has 2 N–H and O–H groups in total. The van der Waals surface area contributed by atoms with E-state index in [1.165, 1.54) is 5.56 Å². The minimum atomic E-state index is 0.237. The van der Waals surface area contributed by atoms with Crippen molar-refractivity contribution >= 4 is 0 Å². The van der Waals surface area contributed by atoms with Crippen molar-refractivity contribution in [3.63, 3.8) is 0 Å². The van der Waals surface area contributed by atoms with Gasteiger partial charge in [0.25, 0.3) is 0 Å². The number of aromatic nitrogens is 2. The van der Waals surface area contributed by atoms with Crippen LogP contribution >= 0.6 is 0 Å². The quantitative estimate of drug-likeness (QED) is 0.869. The summed E-state index contributed by atoms with van der Waals surface area (Å²) in [5.74, 6) is 0.305. The highest BCUT2D eigenvalue weighted by Crippen LogP contribution is 2.17. The summed E-state index contributed by atoms with van der Waals surface area (Å²) in [5.41, 5.74) is 3.33. The number of phenolic OH excluding ortho intramolecular Hbond substituents is 1. The number of hydrogen-bond donors (Lipinski definition) is 2. The summed E-state index contributed by atoms with van der Waals surface area (Å²) in [5, 5.41) is 17.2. The monoisotopic (exact) mass is 245 g/mol. The molecule has 2 rings (SSSR count).